The van der Waals surface area contributed by atoms with E-state index < -0.39 is 5.97 Å². The number of aliphatic carboxylic acids is 1. The van der Waals surface area contributed by atoms with Crippen molar-refractivity contribution in [3.8, 4) is 12.3 Å². The molecule has 0 aliphatic carbocycles. The number of urea groups is 1. The molecule has 1 unspecified atom stereocenters. The molecule has 1 atom stereocenters. The van der Waals surface area contributed by atoms with Crippen LogP contribution in [0, 0.1) is 12.3 Å². The summed E-state index contributed by atoms with van der Waals surface area (Å²) in [7, 11) is 0. The predicted octanol–water partition coefficient (Wildman–Crippen LogP) is 1.68. The molecule has 5 heteroatoms. The largest absolute Gasteiger partial charge is 0.481 e. The SMILES string of the molecule is C#CCCCCNC(=O)N(CC)C(C)CC(=O)O. The van der Waals surface area contributed by atoms with E-state index in [0.717, 1.165) is 12.8 Å². The third-order valence-corrected chi connectivity index (χ3v) is 2.63. The maximum atomic E-state index is 11.8. The van der Waals surface area contributed by atoms with Crippen LogP contribution in [0.15, 0.2) is 0 Å². The standard InChI is InChI=1S/C13H22N2O3/c1-4-6-7-8-9-14-13(18)15(5-2)11(3)10-12(16)17/h1,11H,5-10H2,2-3H3,(H,14,18)(H,16,17). The molecular weight excluding hydrogens is 232 g/mol. The van der Waals surface area contributed by atoms with E-state index in [2.05, 4.69) is 11.2 Å². The summed E-state index contributed by atoms with van der Waals surface area (Å²) in [6.45, 7) is 4.62. The van der Waals surface area contributed by atoms with E-state index in [-0.39, 0.29) is 18.5 Å². The minimum Gasteiger partial charge on any atom is -0.481 e. The first kappa shape index (κ1) is 16.3. The number of carbonyl (C=O) groups excluding carboxylic acids is 1. The zero-order valence-electron chi connectivity index (χ0n) is 11.1. The number of hydrogen-bond donors (Lipinski definition) is 2. The first-order valence-electron chi connectivity index (χ1n) is 6.22. The van der Waals surface area contributed by atoms with Crippen LogP contribution < -0.4 is 5.32 Å². The molecular formula is C13H22N2O3. The van der Waals surface area contributed by atoms with E-state index in [4.69, 9.17) is 11.5 Å². The van der Waals surface area contributed by atoms with Gasteiger partial charge >= 0.3 is 12.0 Å². The fourth-order valence-corrected chi connectivity index (χ4v) is 1.67. The zero-order chi connectivity index (χ0) is 14.0. The Kier molecular flexibility index (Phi) is 8.46. The van der Waals surface area contributed by atoms with Crippen LogP contribution in [0.2, 0.25) is 0 Å². The summed E-state index contributed by atoms with van der Waals surface area (Å²) in [4.78, 5) is 23.9. The van der Waals surface area contributed by atoms with Crippen molar-refractivity contribution < 1.29 is 14.7 Å². The molecule has 0 aromatic heterocycles. The predicted molar refractivity (Wildman–Crippen MR) is 70.2 cm³/mol. The van der Waals surface area contributed by atoms with Gasteiger partial charge in [0.2, 0.25) is 0 Å². The summed E-state index contributed by atoms with van der Waals surface area (Å²) in [6, 6.07) is -0.523. The Hall–Kier alpha value is -1.70. The molecule has 102 valence electrons. The summed E-state index contributed by atoms with van der Waals surface area (Å²) >= 11 is 0. The highest BCUT2D eigenvalue weighted by Gasteiger charge is 2.19. The Balaban J connectivity index is 4.03. The highest BCUT2D eigenvalue weighted by Crippen LogP contribution is 2.04. The highest BCUT2D eigenvalue weighted by molar-refractivity contribution is 5.75. The lowest BCUT2D eigenvalue weighted by molar-refractivity contribution is -0.138. The number of carbonyl (C=O) groups is 2. The smallest absolute Gasteiger partial charge is 0.317 e. The van der Waals surface area contributed by atoms with E-state index in [1.165, 1.54) is 4.90 Å². The number of hydrogen-bond acceptors (Lipinski definition) is 2. The summed E-state index contributed by atoms with van der Waals surface area (Å²) in [5, 5.41) is 11.5. The molecule has 0 aromatic rings. The molecule has 0 bridgehead atoms. The van der Waals surface area contributed by atoms with Crippen LogP contribution in [0.25, 0.3) is 0 Å². The Bertz CT molecular complexity index is 310. The molecule has 0 radical (unpaired) electrons. The maximum Gasteiger partial charge on any atom is 0.317 e. The average molecular weight is 254 g/mol. The van der Waals surface area contributed by atoms with Crippen molar-refractivity contribution in [3.63, 3.8) is 0 Å². The molecule has 0 saturated carbocycles. The van der Waals surface area contributed by atoms with Crippen molar-refractivity contribution in [2.75, 3.05) is 13.1 Å². The normalized spacial score (nSPS) is 11.4. The van der Waals surface area contributed by atoms with Crippen LogP contribution in [0.4, 0.5) is 4.79 Å². The van der Waals surface area contributed by atoms with Crippen LogP contribution in [0.5, 0.6) is 0 Å². The number of amides is 2. The van der Waals surface area contributed by atoms with Crippen molar-refractivity contribution in [3.05, 3.63) is 0 Å². The number of unbranched alkanes of at least 4 members (excludes halogenated alkanes) is 2. The highest BCUT2D eigenvalue weighted by atomic mass is 16.4. The topological polar surface area (TPSA) is 69.6 Å². The number of rotatable bonds is 8. The van der Waals surface area contributed by atoms with Gasteiger partial charge in [-0.2, -0.15) is 0 Å². The van der Waals surface area contributed by atoms with Crippen LogP contribution in [-0.2, 0) is 4.79 Å². The second-order valence-electron chi connectivity index (χ2n) is 4.13. The lowest BCUT2D eigenvalue weighted by Crippen LogP contribution is -2.45. The second-order valence-corrected chi connectivity index (χ2v) is 4.13. The number of nitrogens with one attached hydrogen (secondary N) is 1. The molecule has 0 saturated heterocycles. The summed E-state index contributed by atoms with van der Waals surface area (Å²) in [5.74, 6) is 1.64. The van der Waals surface area contributed by atoms with Gasteiger partial charge in [-0.3, -0.25) is 4.79 Å². The molecule has 0 spiro atoms. The van der Waals surface area contributed by atoms with Gasteiger partial charge < -0.3 is 15.3 Å². The number of carboxylic acid groups (broad SMARTS) is 1. The van der Waals surface area contributed by atoms with Crippen LogP contribution in [0.3, 0.4) is 0 Å². The number of terminal acetylenes is 1. The zero-order valence-corrected chi connectivity index (χ0v) is 11.1. The molecule has 0 heterocycles. The van der Waals surface area contributed by atoms with E-state index in [0.29, 0.717) is 19.5 Å². The van der Waals surface area contributed by atoms with E-state index in [9.17, 15) is 9.59 Å². The van der Waals surface area contributed by atoms with Crippen molar-refractivity contribution in [1.29, 1.82) is 0 Å². The second kappa shape index (κ2) is 9.34. The molecule has 0 aliphatic heterocycles. The molecule has 0 fully saturated rings. The monoisotopic (exact) mass is 254 g/mol. The van der Waals surface area contributed by atoms with Crippen molar-refractivity contribution in [2.45, 2.75) is 45.6 Å². The minimum atomic E-state index is -0.900. The van der Waals surface area contributed by atoms with Gasteiger partial charge in [-0.25, -0.2) is 4.79 Å². The Morgan fingerprint density at radius 3 is 2.61 bits per heavy atom. The van der Waals surface area contributed by atoms with Crippen LogP contribution in [0.1, 0.15) is 39.5 Å². The first-order chi connectivity index (χ1) is 8.52. The third kappa shape index (κ3) is 6.79. The molecule has 18 heavy (non-hydrogen) atoms. The summed E-state index contributed by atoms with van der Waals surface area (Å²) in [5.41, 5.74) is 0. The molecule has 2 N–H and O–H groups in total. The van der Waals surface area contributed by atoms with E-state index in [1.54, 1.807) is 6.92 Å². The number of nitrogens with zero attached hydrogens (tertiary/aromatic N) is 1. The molecule has 2 amide bonds. The maximum absolute atomic E-state index is 11.8. The lowest BCUT2D eigenvalue weighted by Gasteiger charge is -2.27. The van der Waals surface area contributed by atoms with Crippen molar-refractivity contribution >= 4 is 12.0 Å². The van der Waals surface area contributed by atoms with Crippen molar-refractivity contribution in [1.82, 2.24) is 10.2 Å². The van der Waals surface area contributed by atoms with Gasteiger partial charge in [0.05, 0.1) is 6.42 Å². The van der Waals surface area contributed by atoms with Gasteiger partial charge in [-0.05, 0) is 26.7 Å². The van der Waals surface area contributed by atoms with Crippen LogP contribution >= 0.6 is 0 Å². The van der Waals surface area contributed by atoms with Gasteiger partial charge in [0.15, 0.2) is 0 Å². The van der Waals surface area contributed by atoms with Crippen molar-refractivity contribution in [2.24, 2.45) is 0 Å². The van der Waals surface area contributed by atoms with Gasteiger partial charge in [-0.15, -0.1) is 12.3 Å². The van der Waals surface area contributed by atoms with Gasteiger partial charge in [-0.1, -0.05) is 0 Å². The lowest BCUT2D eigenvalue weighted by atomic mass is 10.2. The Morgan fingerprint density at radius 1 is 1.44 bits per heavy atom. The number of carboxylic acids is 1. The van der Waals surface area contributed by atoms with Gasteiger partial charge in [0, 0.05) is 25.6 Å². The van der Waals surface area contributed by atoms with E-state index >= 15 is 0 Å². The molecule has 0 aliphatic rings. The first-order valence-corrected chi connectivity index (χ1v) is 6.22. The average Bonchev–Trinajstić information content (AvgIpc) is 2.28. The van der Waals surface area contributed by atoms with E-state index in [1.807, 2.05) is 6.92 Å². The molecule has 5 nitrogen and oxygen atoms in total. The fourth-order valence-electron chi connectivity index (χ4n) is 1.67. The van der Waals surface area contributed by atoms with Gasteiger partial charge in [0.25, 0.3) is 0 Å². The summed E-state index contributed by atoms with van der Waals surface area (Å²) in [6.07, 6.45) is 7.51. The molecule has 0 aromatic carbocycles. The fraction of sp³-hybridized carbons (Fsp3) is 0.692. The van der Waals surface area contributed by atoms with Crippen LogP contribution in [-0.4, -0.2) is 41.1 Å². The molecule has 0 rings (SSSR count). The Labute approximate surface area is 109 Å². The van der Waals surface area contributed by atoms with Gasteiger partial charge in [0.1, 0.15) is 0 Å². The third-order valence-electron chi connectivity index (χ3n) is 2.63. The minimum absolute atomic E-state index is 0.0433. The Morgan fingerprint density at radius 2 is 2.11 bits per heavy atom. The summed E-state index contributed by atoms with van der Waals surface area (Å²) < 4.78 is 0. The quantitative estimate of drug-likeness (QED) is 0.511.